The first-order chi connectivity index (χ1) is 13.0. The minimum atomic E-state index is -3.64. The highest BCUT2D eigenvalue weighted by Gasteiger charge is 2.22. The summed E-state index contributed by atoms with van der Waals surface area (Å²) < 4.78 is 31.7. The van der Waals surface area contributed by atoms with Gasteiger partial charge in [0.2, 0.25) is 9.84 Å². The van der Waals surface area contributed by atoms with Crippen LogP contribution in [0.25, 0.3) is 4.91 Å². The zero-order chi connectivity index (χ0) is 19.3. The van der Waals surface area contributed by atoms with Gasteiger partial charge in [-0.1, -0.05) is 59.8 Å². The van der Waals surface area contributed by atoms with E-state index in [-0.39, 0.29) is 4.91 Å². The number of sulfone groups is 1. The van der Waals surface area contributed by atoms with Gasteiger partial charge in [-0.15, -0.1) is 0 Å². The van der Waals surface area contributed by atoms with Crippen LogP contribution in [-0.2, 0) is 9.84 Å². The van der Waals surface area contributed by atoms with Gasteiger partial charge in [0.1, 0.15) is 5.75 Å². The van der Waals surface area contributed by atoms with Crippen LogP contribution in [0, 0.1) is 6.92 Å². The number of ether oxygens (including phenoxy) is 1. The van der Waals surface area contributed by atoms with Gasteiger partial charge in [-0.05, 0) is 54.3 Å². The van der Waals surface area contributed by atoms with Crippen LogP contribution in [0.15, 0.2) is 94.1 Å². The molecule has 0 aromatic heterocycles. The van der Waals surface area contributed by atoms with E-state index in [4.69, 9.17) is 4.74 Å². The Morgan fingerprint density at radius 1 is 0.889 bits per heavy atom. The average Bonchev–Trinajstić information content (AvgIpc) is 2.69. The lowest BCUT2D eigenvalue weighted by atomic mass is 10.2. The molecule has 0 aliphatic rings. The number of rotatable bonds is 6. The fourth-order valence-electron chi connectivity index (χ4n) is 2.51. The molecule has 3 aromatic rings. The maximum atomic E-state index is 13.3. The Kier molecular flexibility index (Phi) is 6.04. The van der Waals surface area contributed by atoms with Gasteiger partial charge in [0.15, 0.2) is 0 Å². The standard InChI is InChI=1S/C22H20O3S2/c1-17-8-14-21(15-9-17)27(23,24)22(18-6-4-3-5-7-18)16-26-20-12-10-19(25-2)11-13-20/h3-16H,1-2H3/b22-16+. The normalized spacial score (nSPS) is 12.0. The quantitative estimate of drug-likeness (QED) is 0.511. The van der Waals surface area contributed by atoms with Crippen molar-refractivity contribution in [1.29, 1.82) is 0 Å². The lowest BCUT2D eigenvalue weighted by Gasteiger charge is -2.10. The zero-order valence-corrected chi connectivity index (χ0v) is 16.8. The highest BCUT2D eigenvalue weighted by atomic mass is 32.2. The van der Waals surface area contributed by atoms with Crippen molar-refractivity contribution in [3.63, 3.8) is 0 Å². The Labute approximate surface area is 164 Å². The molecule has 0 N–H and O–H groups in total. The predicted molar refractivity (Wildman–Crippen MR) is 112 cm³/mol. The lowest BCUT2D eigenvalue weighted by molar-refractivity contribution is 0.414. The van der Waals surface area contributed by atoms with Crippen molar-refractivity contribution in [2.45, 2.75) is 16.7 Å². The monoisotopic (exact) mass is 396 g/mol. The van der Waals surface area contributed by atoms with Gasteiger partial charge in [-0.2, -0.15) is 0 Å². The third kappa shape index (κ3) is 4.62. The Morgan fingerprint density at radius 3 is 2.11 bits per heavy atom. The van der Waals surface area contributed by atoms with Gasteiger partial charge in [-0.25, -0.2) is 8.42 Å². The van der Waals surface area contributed by atoms with Crippen LogP contribution >= 0.6 is 11.8 Å². The molecule has 0 spiro atoms. The van der Waals surface area contributed by atoms with Crippen LogP contribution in [-0.4, -0.2) is 15.5 Å². The molecule has 0 saturated heterocycles. The first-order valence-corrected chi connectivity index (χ1v) is 10.7. The van der Waals surface area contributed by atoms with Crippen LogP contribution in [0.4, 0.5) is 0 Å². The average molecular weight is 397 g/mol. The molecule has 0 fully saturated rings. The van der Waals surface area contributed by atoms with E-state index >= 15 is 0 Å². The largest absolute Gasteiger partial charge is 0.497 e. The van der Waals surface area contributed by atoms with E-state index in [9.17, 15) is 8.42 Å². The molecule has 5 heteroatoms. The molecule has 3 aromatic carbocycles. The molecule has 0 aliphatic heterocycles. The van der Waals surface area contributed by atoms with Crippen molar-refractivity contribution in [1.82, 2.24) is 0 Å². The number of methoxy groups -OCH3 is 1. The van der Waals surface area contributed by atoms with Gasteiger partial charge in [0.25, 0.3) is 0 Å². The summed E-state index contributed by atoms with van der Waals surface area (Å²) in [6, 6.07) is 23.6. The molecule has 0 radical (unpaired) electrons. The van der Waals surface area contributed by atoms with E-state index in [1.54, 1.807) is 24.7 Å². The first-order valence-electron chi connectivity index (χ1n) is 8.39. The molecule has 0 amide bonds. The second kappa shape index (κ2) is 8.46. The van der Waals surface area contributed by atoms with E-state index in [0.29, 0.717) is 10.5 Å². The second-order valence-corrected chi connectivity index (χ2v) is 8.82. The predicted octanol–water partition coefficient (Wildman–Crippen LogP) is 5.57. The van der Waals surface area contributed by atoms with Crippen molar-refractivity contribution in [3.05, 3.63) is 95.4 Å². The molecule has 0 unspecified atom stereocenters. The fourth-order valence-corrected chi connectivity index (χ4v) is 5.03. The van der Waals surface area contributed by atoms with Crippen molar-refractivity contribution >= 4 is 26.5 Å². The van der Waals surface area contributed by atoms with Crippen LogP contribution in [0.2, 0.25) is 0 Å². The molecule has 0 atom stereocenters. The molecule has 27 heavy (non-hydrogen) atoms. The van der Waals surface area contributed by atoms with Crippen LogP contribution < -0.4 is 4.74 Å². The third-order valence-electron chi connectivity index (χ3n) is 4.04. The first kappa shape index (κ1) is 19.3. The third-order valence-corrected chi connectivity index (χ3v) is 6.91. The number of aryl methyl sites for hydroxylation is 1. The molecular formula is C22H20O3S2. The Morgan fingerprint density at radius 2 is 1.52 bits per heavy atom. The van der Waals surface area contributed by atoms with Gasteiger partial charge in [0, 0.05) is 4.90 Å². The second-order valence-electron chi connectivity index (χ2n) is 5.96. The zero-order valence-electron chi connectivity index (χ0n) is 15.1. The summed E-state index contributed by atoms with van der Waals surface area (Å²) >= 11 is 1.37. The SMILES string of the molecule is COc1ccc(S/C=C(\c2ccccc2)S(=O)(=O)c2ccc(C)cc2)cc1. The maximum absolute atomic E-state index is 13.3. The number of thioether (sulfide) groups is 1. The molecule has 0 saturated carbocycles. The number of benzene rings is 3. The minimum absolute atomic E-state index is 0.285. The van der Waals surface area contributed by atoms with E-state index in [0.717, 1.165) is 16.2 Å². The summed E-state index contributed by atoms with van der Waals surface area (Å²) in [6.45, 7) is 1.93. The van der Waals surface area contributed by atoms with E-state index in [2.05, 4.69) is 0 Å². The summed E-state index contributed by atoms with van der Waals surface area (Å²) in [7, 11) is -2.02. The van der Waals surface area contributed by atoms with E-state index in [1.807, 2.05) is 73.7 Å². The van der Waals surface area contributed by atoms with E-state index < -0.39 is 9.84 Å². The van der Waals surface area contributed by atoms with Crippen LogP contribution in [0.5, 0.6) is 5.75 Å². The molecule has 0 bridgehead atoms. The van der Waals surface area contributed by atoms with Gasteiger partial charge < -0.3 is 4.74 Å². The smallest absolute Gasteiger partial charge is 0.207 e. The summed E-state index contributed by atoms with van der Waals surface area (Å²) in [5, 5.41) is 1.70. The summed E-state index contributed by atoms with van der Waals surface area (Å²) in [5.41, 5.74) is 1.69. The molecule has 3 rings (SSSR count). The topological polar surface area (TPSA) is 43.4 Å². The van der Waals surface area contributed by atoms with Gasteiger partial charge >= 0.3 is 0 Å². The van der Waals surface area contributed by atoms with E-state index in [1.165, 1.54) is 11.8 Å². The highest BCUT2D eigenvalue weighted by molar-refractivity contribution is 8.05. The lowest BCUT2D eigenvalue weighted by Crippen LogP contribution is -2.04. The van der Waals surface area contributed by atoms with Crippen molar-refractivity contribution in [2.24, 2.45) is 0 Å². The molecule has 0 heterocycles. The fraction of sp³-hybridized carbons (Fsp3) is 0.0909. The maximum Gasteiger partial charge on any atom is 0.207 e. The molecule has 3 nitrogen and oxygen atoms in total. The van der Waals surface area contributed by atoms with Crippen molar-refractivity contribution in [2.75, 3.05) is 7.11 Å². The van der Waals surface area contributed by atoms with Gasteiger partial charge in [-0.3, -0.25) is 0 Å². The van der Waals surface area contributed by atoms with Gasteiger partial charge in [0.05, 0.1) is 16.9 Å². The Balaban J connectivity index is 2.01. The van der Waals surface area contributed by atoms with Crippen LogP contribution in [0.1, 0.15) is 11.1 Å². The van der Waals surface area contributed by atoms with Crippen molar-refractivity contribution < 1.29 is 13.2 Å². The number of hydrogen-bond acceptors (Lipinski definition) is 4. The van der Waals surface area contributed by atoms with Crippen LogP contribution in [0.3, 0.4) is 0 Å². The summed E-state index contributed by atoms with van der Waals surface area (Å²) in [5.74, 6) is 0.763. The minimum Gasteiger partial charge on any atom is -0.497 e. The Bertz CT molecular complexity index is 1020. The van der Waals surface area contributed by atoms with Crippen molar-refractivity contribution in [3.8, 4) is 5.75 Å². The molecular weight excluding hydrogens is 376 g/mol. The highest BCUT2D eigenvalue weighted by Crippen LogP contribution is 2.33. The molecule has 0 aliphatic carbocycles. The summed E-state index contributed by atoms with van der Waals surface area (Å²) in [4.78, 5) is 1.51. The molecule has 138 valence electrons. The summed E-state index contributed by atoms with van der Waals surface area (Å²) in [6.07, 6.45) is 0. The Hall–Kier alpha value is -2.50. The number of hydrogen-bond donors (Lipinski definition) is 0.